The molecule has 0 radical (unpaired) electrons. The second-order valence-electron chi connectivity index (χ2n) is 15.8. The van der Waals surface area contributed by atoms with Crippen LogP contribution in [0.15, 0.2) is 98.5 Å². The average Bonchev–Trinajstić information content (AvgIpc) is 3.30. The Morgan fingerprint density at radius 2 is 0.863 bits per heavy atom. The number of carbonyl (C=O) groups is 3. The van der Waals surface area contributed by atoms with Gasteiger partial charge in [0.25, 0.3) is 28.5 Å². The van der Waals surface area contributed by atoms with Gasteiger partial charge in [-0.3, -0.25) is 58.7 Å². The number of aromatic nitrogens is 12. The number of aromatic amines is 3. The van der Waals surface area contributed by atoms with Crippen LogP contribution in [-0.4, -0.2) is 135 Å². The van der Waals surface area contributed by atoms with Crippen LogP contribution < -0.4 is 104 Å². The molecule has 73 heavy (non-hydrogen) atoms. The number of rotatable bonds is 21. The van der Waals surface area contributed by atoms with Crippen LogP contribution in [0.3, 0.4) is 0 Å². The molecule has 386 valence electrons. The smallest absolute Gasteiger partial charge is 0.368 e. The minimum atomic E-state index is -1.09. The topological polar surface area (TPSA) is 453 Å². The summed E-state index contributed by atoms with van der Waals surface area (Å²) in [6.45, 7) is -0.805. The lowest BCUT2D eigenvalue weighted by molar-refractivity contribution is -0.119. The molecule has 12 N–H and O–H groups in total. The Balaban J connectivity index is 1.39. The molecule has 0 fully saturated rings. The number of nitrogens with two attached hydrogens (primary N) is 4. The van der Waals surface area contributed by atoms with Crippen molar-refractivity contribution in [2.24, 2.45) is 5.73 Å². The molecule has 6 aromatic heterocycles. The first-order chi connectivity index (χ1) is 34.5. The van der Waals surface area contributed by atoms with E-state index in [1.54, 1.807) is 0 Å². The van der Waals surface area contributed by atoms with Crippen LogP contribution in [0.1, 0.15) is 16.7 Å². The molecule has 0 bridgehead atoms. The maximum absolute atomic E-state index is 14.7. The van der Waals surface area contributed by atoms with Crippen molar-refractivity contribution in [1.29, 1.82) is 0 Å². The van der Waals surface area contributed by atoms with E-state index >= 15 is 0 Å². The van der Waals surface area contributed by atoms with Gasteiger partial charge in [0.1, 0.15) is 37.1 Å². The van der Waals surface area contributed by atoms with E-state index in [1.807, 2.05) is 0 Å². The summed E-state index contributed by atoms with van der Waals surface area (Å²) in [5.74, 6) is -3.46. The Kier molecular flexibility index (Phi) is 15.7. The zero-order chi connectivity index (χ0) is 53.4. The number of primary amides is 1. The van der Waals surface area contributed by atoms with Gasteiger partial charge < -0.3 is 28.4 Å². The largest absolute Gasteiger partial charge is 0.383 e. The van der Waals surface area contributed by atoms with Crippen LogP contribution >= 0.6 is 0 Å². The molecular weight excluding hydrogens is 969 g/mol. The van der Waals surface area contributed by atoms with Gasteiger partial charge in [-0.05, 0) is 39.0 Å². The van der Waals surface area contributed by atoms with Crippen molar-refractivity contribution < 1.29 is 14.4 Å². The van der Waals surface area contributed by atoms with Gasteiger partial charge in [-0.25, -0.2) is 66.8 Å². The number of H-pyrrole nitrogens is 3. The molecule has 0 saturated carbocycles. The van der Waals surface area contributed by atoms with E-state index in [0.29, 0.717) is 0 Å². The molecule has 0 unspecified atom stereocenters. The van der Waals surface area contributed by atoms with Crippen molar-refractivity contribution in [3.63, 3.8) is 0 Å². The predicted octanol–water partition coefficient (Wildman–Crippen LogP) is -9.15. The first-order valence-electron chi connectivity index (χ1n) is 21.4. The molecule has 0 saturated heterocycles. The van der Waals surface area contributed by atoms with Crippen molar-refractivity contribution in [3.8, 4) is 0 Å². The fourth-order valence-electron chi connectivity index (χ4n) is 6.88. The van der Waals surface area contributed by atoms with Crippen LogP contribution in [0.25, 0.3) is 0 Å². The fourth-order valence-corrected chi connectivity index (χ4v) is 6.88. The molecule has 3 amide bonds. The highest BCUT2D eigenvalue weighted by atomic mass is 16.2. The molecule has 6 rings (SSSR count). The molecule has 6 aromatic rings. The summed E-state index contributed by atoms with van der Waals surface area (Å²) in [6, 6.07) is 3.68. The monoisotopic (exact) mass is 1020 g/mol. The molecule has 0 aromatic carbocycles. The number of carbonyl (C=O) groups excluding carboxylic acids is 3. The lowest BCUT2D eigenvalue weighted by Crippen LogP contribution is -2.60. The summed E-state index contributed by atoms with van der Waals surface area (Å²) in [6.07, 6.45) is 6.79. The molecule has 0 spiro atoms. The number of hydrogen-bond donors (Lipinski definition) is 8. The van der Waals surface area contributed by atoms with Gasteiger partial charge in [0.15, 0.2) is 0 Å². The highest BCUT2D eigenvalue weighted by Gasteiger charge is 2.27. The average molecular weight is 1020 g/mol. The van der Waals surface area contributed by atoms with E-state index in [-0.39, 0.29) is 47.2 Å². The van der Waals surface area contributed by atoms with Crippen molar-refractivity contribution in [3.05, 3.63) is 166 Å². The summed E-state index contributed by atoms with van der Waals surface area (Å²) in [5, 5.41) is 4.88. The van der Waals surface area contributed by atoms with Gasteiger partial charge in [0, 0.05) is 53.9 Å². The number of aryl methyl sites for hydroxylation is 3. The van der Waals surface area contributed by atoms with Crippen molar-refractivity contribution >= 4 is 35.2 Å². The van der Waals surface area contributed by atoms with Crippen molar-refractivity contribution in [2.45, 2.75) is 20.8 Å². The summed E-state index contributed by atoms with van der Waals surface area (Å²) < 4.78 is 5.06. The standard InChI is InChI=1S/C39H48N22O12/c1-22-16-59(37(71)48-31(22)65)51(11-7-44-54-8-4-25(40)45-34(54)68)20-29(63)56(58-10-6-27(42)47-36(58)70)15-13-53(61-18-24(3)33(67)50-39(61)73)21-30(64)55(57-9-5-26(41)46-35(57)69)14-12-52(19-28(43)62)60-17-23(2)32(66)49-38(60)72/h4-6,8-10,16-18,44H,7,11-15,19-21H2,1-3H3,(H2,43,62)(H2,40,45,68)(H2,41,46,69)(H2,42,47,70)(H,48,65,71)(H,49,66,72)(H,50,67,73). The Bertz CT molecular complexity index is 3640. The molecule has 34 heteroatoms. The highest BCUT2D eigenvalue weighted by Crippen LogP contribution is 2.03. The first-order valence-corrected chi connectivity index (χ1v) is 21.4. The van der Waals surface area contributed by atoms with Crippen LogP contribution in [0.5, 0.6) is 0 Å². The SMILES string of the molecule is Cc1cn(N(CCN(C(=O)CN(CCN(C(=O)CN(CCNn2ccc(N)nc2=O)n2cc(C)c(=O)[nH]c2=O)n2ccc(N)nc2=O)n2cc(C)c(=O)[nH]c2=O)n2ccc(N)nc2=O)CC(N)=O)c(=O)[nH]c1=O. The molecule has 0 atom stereocenters. The van der Waals surface area contributed by atoms with Gasteiger partial charge in [0.05, 0.1) is 39.3 Å². The van der Waals surface area contributed by atoms with Crippen LogP contribution in [0.4, 0.5) is 17.5 Å². The zero-order valence-corrected chi connectivity index (χ0v) is 39.0. The Hall–Kier alpha value is -10.3. The van der Waals surface area contributed by atoms with Gasteiger partial charge in [-0.2, -0.15) is 15.0 Å². The summed E-state index contributed by atoms with van der Waals surface area (Å²) in [7, 11) is 0. The quantitative estimate of drug-likeness (QED) is 0.0332. The van der Waals surface area contributed by atoms with E-state index in [2.05, 4.69) is 35.3 Å². The van der Waals surface area contributed by atoms with E-state index in [0.717, 1.165) is 84.1 Å². The van der Waals surface area contributed by atoms with Gasteiger partial charge in [-0.15, -0.1) is 0 Å². The number of nitrogens with one attached hydrogen (secondary N) is 4. The number of amides is 3. The molecule has 0 aliphatic heterocycles. The van der Waals surface area contributed by atoms with Crippen molar-refractivity contribution in [1.82, 2.24) is 58.0 Å². The molecule has 6 heterocycles. The molecular formula is C39H48N22O12. The predicted molar refractivity (Wildman–Crippen MR) is 260 cm³/mol. The number of nitrogen functional groups attached to an aromatic ring is 3. The van der Waals surface area contributed by atoms with Crippen LogP contribution in [0, 0.1) is 20.8 Å². The van der Waals surface area contributed by atoms with Gasteiger partial charge >= 0.3 is 34.1 Å². The second-order valence-corrected chi connectivity index (χ2v) is 15.8. The molecule has 34 nitrogen and oxygen atoms in total. The Labute approximate surface area is 406 Å². The van der Waals surface area contributed by atoms with E-state index in [1.165, 1.54) is 45.2 Å². The third-order valence-corrected chi connectivity index (χ3v) is 10.5. The van der Waals surface area contributed by atoms with Crippen LogP contribution in [-0.2, 0) is 14.4 Å². The fraction of sp³-hybridized carbons (Fsp3) is 0.308. The maximum Gasteiger partial charge on any atom is 0.368 e. The highest BCUT2D eigenvalue weighted by molar-refractivity contribution is 5.90. The lowest BCUT2D eigenvalue weighted by Gasteiger charge is -2.34. The lowest BCUT2D eigenvalue weighted by atomic mass is 10.4. The van der Waals surface area contributed by atoms with E-state index in [9.17, 15) is 57.5 Å². The molecule has 0 aliphatic carbocycles. The molecule has 0 aliphatic rings. The number of anilines is 3. The van der Waals surface area contributed by atoms with Gasteiger partial charge in [-0.1, -0.05) is 0 Å². The third kappa shape index (κ3) is 12.5. The van der Waals surface area contributed by atoms with Crippen LogP contribution in [0.2, 0.25) is 0 Å². The second kappa shape index (κ2) is 22.0. The Morgan fingerprint density at radius 3 is 1.23 bits per heavy atom. The third-order valence-electron chi connectivity index (χ3n) is 10.5. The minimum Gasteiger partial charge on any atom is -0.383 e. The Morgan fingerprint density at radius 1 is 0.507 bits per heavy atom. The normalized spacial score (nSPS) is 10.9. The maximum atomic E-state index is 14.7. The van der Waals surface area contributed by atoms with E-state index in [4.69, 9.17) is 22.9 Å². The summed E-state index contributed by atoms with van der Waals surface area (Å²) in [4.78, 5) is 175. The first kappa shape index (κ1) is 52.1. The number of hydrogen-bond acceptors (Lipinski definition) is 22. The number of nitrogens with zero attached hydrogens (tertiary/aromatic N) is 14. The summed E-state index contributed by atoms with van der Waals surface area (Å²) in [5.41, 5.74) is 17.2. The summed E-state index contributed by atoms with van der Waals surface area (Å²) >= 11 is 0. The van der Waals surface area contributed by atoms with Gasteiger partial charge in [0.2, 0.25) is 5.91 Å². The van der Waals surface area contributed by atoms with Crippen molar-refractivity contribution in [2.75, 3.05) is 107 Å². The zero-order valence-electron chi connectivity index (χ0n) is 39.0. The van der Waals surface area contributed by atoms with E-state index < -0.39 is 114 Å². The minimum absolute atomic E-state index is 0.0358.